The van der Waals surface area contributed by atoms with Gasteiger partial charge < -0.3 is 10.6 Å². The average molecular weight is 471 g/mol. The maximum atomic E-state index is 12.6. The monoisotopic (exact) mass is 470 g/mol. The van der Waals surface area contributed by atoms with Crippen molar-refractivity contribution in [2.75, 3.05) is 5.32 Å². The zero-order valence-corrected chi connectivity index (χ0v) is 18.4. The molecule has 2 N–H and O–H groups in total. The molecule has 1 aromatic heterocycles. The minimum absolute atomic E-state index is 0.0338. The molecule has 2 aromatic carbocycles. The van der Waals surface area contributed by atoms with Gasteiger partial charge in [-0.2, -0.15) is 0 Å². The van der Waals surface area contributed by atoms with E-state index in [-0.39, 0.29) is 36.4 Å². The molecule has 0 spiro atoms. The first kappa shape index (κ1) is 21.7. The van der Waals surface area contributed by atoms with Crippen LogP contribution in [0.1, 0.15) is 25.8 Å². The lowest BCUT2D eigenvalue weighted by molar-refractivity contribution is -0.122. The Morgan fingerprint density at radius 1 is 1.20 bits per heavy atom. The van der Waals surface area contributed by atoms with Crippen LogP contribution < -0.4 is 16.2 Å². The third kappa shape index (κ3) is 5.33. The smallest absolute Gasteiger partial charge is 0.261 e. The molecule has 1 heterocycles. The first-order valence-corrected chi connectivity index (χ1v) is 10.5. The molecule has 0 saturated carbocycles. The molecule has 0 radical (unpaired) electrons. The summed E-state index contributed by atoms with van der Waals surface area (Å²) in [6.45, 7) is 4.00. The number of carbonyl (C=O) groups is 2. The van der Waals surface area contributed by atoms with Gasteiger partial charge in [-0.3, -0.25) is 19.0 Å². The number of benzene rings is 2. The molecule has 0 fully saturated rings. The lowest BCUT2D eigenvalue weighted by atomic mass is 10.1. The number of nitrogens with one attached hydrogen (secondary N) is 2. The Hall–Kier alpha value is -3.00. The number of halogens is 1. The number of nitrogens with zero attached hydrogens (tertiary/aromatic N) is 2. The summed E-state index contributed by atoms with van der Waals surface area (Å²) < 4.78 is 2.06. The lowest BCUT2D eigenvalue weighted by Crippen LogP contribution is -2.32. The predicted octanol–water partition coefficient (Wildman–Crippen LogP) is 3.46. The van der Waals surface area contributed by atoms with Gasteiger partial charge in [0.15, 0.2) is 0 Å². The van der Waals surface area contributed by atoms with Gasteiger partial charge in [0.05, 0.1) is 17.2 Å². The Balaban J connectivity index is 1.63. The van der Waals surface area contributed by atoms with Crippen LogP contribution >= 0.6 is 15.9 Å². The molecule has 3 aromatic rings. The minimum atomic E-state index is -0.303. The normalized spacial score (nSPS) is 11.8. The van der Waals surface area contributed by atoms with Gasteiger partial charge in [-0.15, -0.1) is 0 Å². The number of anilines is 1. The Labute approximate surface area is 182 Å². The van der Waals surface area contributed by atoms with Crippen LogP contribution in [0.3, 0.4) is 0 Å². The second-order valence-electron chi connectivity index (χ2n) is 7.11. The van der Waals surface area contributed by atoms with E-state index in [1.165, 1.54) is 10.9 Å². The third-order valence-corrected chi connectivity index (χ3v) is 5.34. The van der Waals surface area contributed by atoms with Crippen molar-refractivity contribution in [1.29, 1.82) is 0 Å². The van der Waals surface area contributed by atoms with Crippen LogP contribution in [0, 0.1) is 5.92 Å². The van der Waals surface area contributed by atoms with Gasteiger partial charge in [0, 0.05) is 22.6 Å². The van der Waals surface area contributed by atoms with Gasteiger partial charge in [-0.05, 0) is 42.3 Å². The fourth-order valence-corrected chi connectivity index (χ4v) is 3.23. The lowest BCUT2D eigenvalue weighted by Gasteiger charge is -2.12. The number of carbonyl (C=O) groups excluding carboxylic acids is 2. The van der Waals surface area contributed by atoms with Gasteiger partial charge in [0.25, 0.3) is 5.56 Å². The fraction of sp³-hybridized carbons (Fsp3) is 0.273. The Morgan fingerprint density at radius 2 is 2.00 bits per heavy atom. The van der Waals surface area contributed by atoms with Crippen LogP contribution in [0.5, 0.6) is 0 Å². The van der Waals surface area contributed by atoms with Gasteiger partial charge in [0.1, 0.15) is 6.54 Å². The van der Waals surface area contributed by atoms with Crippen LogP contribution in [0.2, 0.25) is 0 Å². The van der Waals surface area contributed by atoms with Crippen molar-refractivity contribution in [2.24, 2.45) is 5.92 Å². The summed E-state index contributed by atoms with van der Waals surface area (Å²) in [5.41, 5.74) is 1.84. The van der Waals surface area contributed by atoms with Gasteiger partial charge in [-0.1, -0.05) is 41.9 Å². The number of rotatable bonds is 7. The zero-order chi connectivity index (χ0) is 21.7. The van der Waals surface area contributed by atoms with E-state index in [0.717, 1.165) is 16.5 Å². The van der Waals surface area contributed by atoms with E-state index in [4.69, 9.17) is 0 Å². The molecule has 7 nitrogen and oxygen atoms in total. The van der Waals surface area contributed by atoms with Gasteiger partial charge in [0.2, 0.25) is 11.8 Å². The van der Waals surface area contributed by atoms with Crippen LogP contribution in [0.25, 0.3) is 10.9 Å². The maximum Gasteiger partial charge on any atom is 0.261 e. The number of fused-ring (bicyclic) bond motifs is 1. The van der Waals surface area contributed by atoms with Crippen LogP contribution in [0.15, 0.2) is 58.1 Å². The second-order valence-corrected chi connectivity index (χ2v) is 8.03. The number of hydrogen-bond donors (Lipinski definition) is 2. The molecule has 1 atom stereocenters. The standard InChI is InChI=1S/C22H23BrN4O3/c1-3-14(2)21(29)26-17-6-4-5-15(9-17)11-24-20(28)12-27-13-25-19-8-7-16(23)10-18(19)22(27)30/h4-10,13-14H,3,11-12H2,1-2H3,(H,24,28)(H,26,29). The topological polar surface area (TPSA) is 93.1 Å². The van der Waals surface area contributed by atoms with E-state index < -0.39 is 0 Å². The van der Waals surface area contributed by atoms with Gasteiger partial charge >= 0.3 is 0 Å². The molecule has 0 aliphatic rings. The van der Waals surface area contributed by atoms with E-state index in [0.29, 0.717) is 16.6 Å². The third-order valence-electron chi connectivity index (χ3n) is 4.84. The summed E-state index contributed by atoms with van der Waals surface area (Å²) in [5.74, 6) is -0.404. The van der Waals surface area contributed by atoms with Gasteiger partial charge in [-0.25, -0.2) is 4.98 Å². The average Bonchev–Trinajstić information content (AvgIpc) is 2.74. The number of aromatic nitrogens is 2. The largest absolute Gasteiger partial charge is 0.350 e. The molecule has 3 rings (SSSR count). The molecule has 156 valence electrons. The molecule has 8 heteroatoms. The van der Waals surface area contributed by atoms with Crippen molar-refractivity contribution >= 4 is 44.3 Å². The fourth-order valence-electron chi connectivity index (χ4n) is 2.86. The molecular weight excluding hydrogens is 448 g/mol. The first-order valence-electron chi connectivity index (χ1n) is 9.68. The SMILES string of the molecule is CCC(C)C(=O)Nc1cccc(CNC(=O)Cn2cnc3ccc(Br)cc3c2=O)c1. The summed E-state index contributed by atoms with van der Waals surface area (Å²) in [4.78, 5) is 41.2. The molecule has 2 amide bonds. The number of hydrogen-bond acceptors (Lipinski definition) is 4. The molecule has 30 heavy (non-hydrogen) atoms. The summed E-state index contributed by atoms with van der Waals surface area (Å²) >= 11 is 3.34. The van der Waals surface area contributed by atoms with Crippen molar-refractivity contribution in [3.8, 4) is 0 Å². The Morgan fingerprint density at radius 3 is 2.77 bits per heavy atom. The summed E-state index contributed by atoms with van der Waals surface area (Å²) in [5, 5.41) is 6.13. The van der Waals surface area contributed by atoms with E-state index >= 15 is 0 Å². The molecule has 0 aliphatic heterocycles. The molecular formula is C22H23BrN4O3. The van der Waals surface area contributed by atoms with Crippen LogP contribution in [0.4, 0.5) is 5.69 Å². The molecule has 0 aliphatic carbocycles. The Kier molecular flexibility index (Phi) is 6.99. The van der Waals surface area contributed by atoms with E-state index in [1.807, 2.05) is 44.2 Å². The highest BCUT2D eigenvalue weighted by molar-refractivity contribution is 9.10. The minimum Gasteiger partial charge on any atom is -0.350 e. The van der Waals surface area contributed by atoms with Crippen molar-refractivity contribution in [3.05, 3.63) is 69.2 Å². The van der Waals surface area contributed by atoms with E-state index in [9.17, 15) is 14.4 Å². The van der Waals surface area contributed by atoms with Crippen molar-refractivity contribution in [2.45, 2.75) is 33.4 Å². The first-order chi connectivity index (χ1) is 14.4. The van der Waals surface area contributed by atoms with Crippen molar-refractivity contribution < 1.29 is 9.59 Å². The Bertz CT molecular complexity index is 1140. The van der Waals surface area contributed by atoms with Crippen LogP contribution in [-0.4, -0.2) is 21.4 Å². The van der Waals surface area contributed by atoms with E-state index in [2.05, 4.69) is 31.5 Å². The van der Waals surface area contributed by atoms with Crippen LogP contribution in [-0.2, 0) is 22.7 Å². The van der Waals surface area contributed by atoms with E-state index in [1.54, 1.807) is 12.1 Å². The highest BCUT2D eigenvalue weighted by Gasteiger charge is 2.11. The molecule has 0 saturated heterocycles. The highest BCUT2D eigenvalue weighted by atomic mass is 79.9. The second kappa shape index (κ2) is 9.67. The molecule has 0 bridgehead atoms. The maximum absolute atomic E-state index is 12.6. The summed E-state index contributed by atoms with van der Waals surface area (Å²) in [6, 6.07) is 12.6. The zero-order valence-electron chi connectivity index (χ0n) is 16.8. The van der Waals surface area contributed by atoms with Crippen molar-refractivity contribution in [1.82, 2.24) is 14.9 Å². The molecule has 1 unspecified atom stereocenters. The van der Waals surface area contributed by atoms with Crippen molar-refractivity contribution in [3.63, 3.8) is 0 Å². The predicted molar refractivity (Wildman–Crippen MR) is 120 cm³/mol. The quantitative estimate of drug-likeness (QED) is 0.552. The highest BCUT2D eigenvalue weighted by Crippen LogP contribution is 2.15. The summed E-state index contributed by atoms with van der Waals surface area (Å²) in [6.07, 6.45) is 2.14. The summed E-state index contributed by atoms with van der Waals surface area (Å²) in [7, 11) is 0. The number of amides is 2.